The fraction of sp³-hybridized carbons (Fsp3) is 0.0588. The van der Waals surface area contributed by atoms with Gasteiger partial charge in [-0.3, -0.25) is 9.59 Å². The molecule has 0 spiro atoms. The minimum atomic E-state index is -0.0966. The first-order chi connectivity index (χ1) is 9.75. The van der Waals surface area contributed by atoms with Crippen molar-refractivity contribution in [3.05, 3.63) is 70.9 Å². The monoisotopic (exact) mass is 261 g/mol. The Morgan fingerprint density at radius 1 is 0.850 bits per heavy atom. The first-order valence-corrected chi connectivity index (χ1v) is 6.52. The van der Waals surface area contributed by atoms with Gasteiger partial charge < -0.3 is 5.32 Å². The maximum Gasteiger partial charge on any atom is 0.212 e. The van der Waals surface area contributed by atoms with Crippen molar-refractivity contribution in [3.63, 3.8) is 0 Å². The Bertz CT molecular complexity index is 802. The van der Waals surface area contributed by atoms with Crippen LogP contribution in [0.3, 0.4) is 0 Å². The van der Waals surface area contributed by atoms with Crippen LogP contribution in [0.2, 0.25) is 0 Å². The number of ketones is 2. The normalized spacial score (nSPS) is 19.8. The smallest absolute Gasteiger partial charge is 0.212 e. The molecule has 4 rings (SSSR count). The van der Waals surface area contributed by atoms with Crippen molar-refractivity contribution < 1.29 is 9.59 Å². The highest BCUT2D eigenvalue weighted by Crippen LogP contribution is 2.37. The number of rotatable bonds is 0. The molecule has 2 aliphatic rings. The molecular formula is C17H11NO2. The van der Waals surface area contributed by atoms with Crippen LogP contribution in [0.25, 0.3) is 5.57 Å². The molecule has 3 heteroatoms. The number of anilines is 1. The first kappa shape index (κ1) is 11.2. The molecule has 1 aliphatic carbocycles. The predicted octanol–water partition coefficient (Wildman–Crippen LogP) is 2.83. The van der Waals surface area contributed by atoms with Crippen LogP contribution in [0.1, 0.15) is 21.5 Å². The van der Waals surface area contributed by atoms with E-state index in [4.69, 9.17) is 0 Å². The number of para-hydroxylation sites is 1. The van der Waals surface area contributed by atoms with Gasteiger partial charge in [0.25, 0.3) is 0 Å². The summed E-state index contributed by atoms with van der Waals surface area (Å²) in [6.07, 6.45) is 0.375. The molecule has 1 heterocycles. The van der Waals surface area contributed by atoms with Gasteiger partial charge in [0, 0.05) is 17.7 Å². The van der Waals surface area contributed by atoms with Crippen LogP contribution >= 0.6 is 0 Å². The highest BCUT2D eigenvalue weighted by atomic mass is 16.1. The van der Waals surface area contributed by atoms with Gasteiger partial charge in [0.1, 0.15) is 0 Å². The molecule has 0 amide bonds. The van der Waals surface area contributed by atoms with Crippen LogP contribution < -0.4 is 5.32 Å². The molecule has 0 aromatic heterocycles. The number of carbonyl (C=O) groups is 2. The zero-order valence-electron chi connectivity index (χ0n) is 10.6. The number of hydrogen-bond acceptors (Lipinski definition) is 3. The molecule has 0 atom stereocenters. The first-order valence-electron chi connectivity index (χ1n) is 6.52. The lowest BCUT2D eigenvalue weighted by atomic mass is 10.0. The minimum absolute atomic E-state index is 0.00913. The lowest BCUT2D eigenvalue weighted by Gasteiger charge is -2.04. The van der Waals surface area contributed by atoms with E-state index < -0.39 is 0 Å². The van der Waals surface area contributed by atoms with Crippen molar-refractivity contribution in [2.75, 3.05) is 5.32 Å². The lowest BCUT2D eigenvalue weighted by Crippen LogP contribution is -2.08. The summed E-state index contributed by atoms with van der Waals surface area (Å²) in [6.45, 7) is 0. The fourth-order valence-corrected chi connectivity index (χ4v) is 2.90. The molecule has 2 aromatic rings. The molecule has 96 valence electrons. The van der Waals surface area contributed by atoms with Gasteiger partial charge in [0.2, 0.25) is 5.78 Å². The van der Waals surface area contributed by atoms with E-state index >= 15 is 0 Å². The molecule has 0 unspecified atom stereocenters. The molecule has 1 N–H and O–H groups in total. The van der Waals surface area contributed by atoms with Crippen molar-refractivity contribution in [1.82, 2.24) is 0 Å². The molecule has 2 aromatic carbocycles. The van der Waals surface area contributed by atoms with Crippen LogP contribution in [-0.4, -0.2) is 11.6 Å². The SMILES string of the molecule is O=C1Cc2ccccc2/C1=C1/Nc2ccccc2C1=O. The van der Waals surface area contributed by atoms with Gasteiger partial charge in [-0.15, -0.1) is 0 Å². The third-order valence-corrected chi connectivity index (χ3v) is 3.82. The van der Waals surface area contributed by atoms with E-state index in [1.807, 2.05) is 42.5 Å². The Kier molecular flexibility index (Phi) is 2.18. The molecular weight excluding hydrogens is 250 g/mol. The zero-order valence-corrected chi connectivity index (χ0v) is 10.6. The quantitative estimate of drug-likeness (QED) is 0.742. The largest absolute Gasteiger partial charge is 0.351 e. The second-order valence-electron chi connectivity index (χ2n) is 5.01. The maximum absolute atomic E-state index is 12.5. The molecule has 20 heavy (non-hydrogen) atoms. The number of hydrogen-bond donors (Lipinski definition) is 1. The van der Waals surface area contributed by atoms with Gasteiger partial charge in [-0.2, -0.15) is 0 Å². The number of benzene rings is 2. The summed E-state index contributed by atoms with van der Waals surface area (Å²) in [7, 11) is 0. The number of carbonyl (C=O) groups excluding carboxylic acids is 2. The van der Waals surface area contributed by atoms with Gasteiger partial charge in [0.05, 0.1) is 11.3 Å². The molecule has 3 nitrogen and oxygen atoms in total. The average molecular weight is 261 g/mol. The summed E-state index contributed by atoms with van der Waals surface area (Å²) in [5.41, 5.74) is 4.22. The molecule has 0 saturated carbocycles. The van der Waals surface area contributed by atoms with Gasteiger partial charge in [0.15, 0.2) is 5.78 Å². The van der Waals surface area contributed by atoms with E-state index in [0.717, 1.165) is 16.8 Å². The molecule has 0 fully saturated rings. The fourth-order valence-electron chi connectivity index (χ4n) is 2.90. The van der Waals surface area contributed by atoms with Crippen molar-refractivity contribution in [2.45, 2.75) is 6.42 Å². The molecule has 1 aliphatic heterocycles. The summed E-state index contributed by atoms with van der Waals surface area (Å²) in [5, 5.41) is 3.11. The van der Waals surface area contributed by atoms with Crippen LogP contribution in [0.4, 0.5) is 5.69 Å². The number of allylic oxidation sites excluding steroid dienone is 2. The maximum atomic E-state index is 12.5. The molecule has 0 saturated heterocycles. The Morgan fingerprint density at radius 3 is 2.35 bits per heavy atom. The predicted molar refractivity (Wildman–Crippen MR) is 76.5 cm³/mol. The summed E-state index contributed by atoms with van der Waals surface area (Å²) in [4.78, 5) is 24.7. The summed E-state index contributed by atoms with van der Waals surface area (Å²) >= 11 is 0. The second-order valence-corrected chi connectivity index (χ2v) is 5.01. The Labute approximate surface area is 115 Å². The van der Waals surface area contributed by atoms with Crippen molar-refractivity contribution in [2.24, 2.45) is 0 Å². The number of nitrogens with one attached hydrogen (secondary N) is 1. The topological polar surface area (TPSA) is 46.2 Å². The van der Waals surface area contributed by atoms with Gasteiger partial charge in [-0.25, -0.2) is 0 Å². The Morgan fingerprint density at radius 2 is 1.55 bits per heavy atom. The molecule has 0 bridgehead atoms. The van der Waals surface area contributed by atoms with Crippen LogP contribution in [-0.2, 0) is 11.2 Å². The third-order valence-electron chi connectivity index (χ3n) is 3.82. The van der Waals surface area contributed by atoms with E-state index in [-0.39, 0.29) is 11.6 Å². The van der Waals surface area contributed by atoms with Crippen LogP contribution in [0.15, 0.2) is 54.2 Å². The zero-order chi connectivity index (χ0) is 13.7. The summed E-state index contributed by atoms with van der Waals surface area (Å²) < 4.78 is 0. The highest BCUT2D eigenvalue weighted by molar-refractivity contribution is 6.35. The van der Waals surface area contributed by atoms with E-state index in [1.165, 1.54) is 0 Å². The van der Waals surface area contributed by atoms with Crippen LogP contribution in [0, 0.1) is 0 Å². The Balaban J connectivity index is 1.94. The van der Waals surface area contributed by atoms with E-state index in [9.17, 15) is 9.59 Å². The lowest BCUT2D eigenvalue weighted by molar-refractivity contribution is -0.112. The van der Waals surface area contributed by atoms with E-state index in [0.29, 0.717) is 23.3 Å². The summed E-state index contributed by atoms with van der Waals surface area (Å²) in [5.74, 6) is -0.0875. The standard InChI is InChI=1S/C17H11NO2/c19-14-9-10-5-1-2-6-11(10)15(14)16-17(20)12-7-3-4-8-13(12)18-16/h1-8,18H,9H2/b16-15-. The third kappa shape index (κ3) is 1.40. The van der Waals surface area contributed by atoms with Crippen molar-refractivity contribution >= 4 is 22.8 Å². The minimum Gasteiger partial charge on any atom is -0.351 e. The number of fused-ring (bicyclic) bond motifs is 2. The van der Waals surface area contributed by atoms with Gasteiger partial charge in [-0.1, -0.05) is 36.4 Å². The van der Waals surface area contributed by atoms with Crippen LogP contribution in [0.5, 0.6) is 0 Å². The average Bonchev–Trinajstić information content (AvgIpc) is 2.96. The second kappa shape index (κ2) is 3.90. The van der Waals surface area contributed by atoms with E-state index in [1.54, 1.807) is 6.07 Å². The van der Waals surface area contributed by atoms with E-state index in [2.05, 4.69) is 5.32 Å². The Hall–Kier alpha value is -2.68. The highest BCUT2D eigenvalue weighted by Gasteiger charge is 2.34. The van der Waals surface area contributed by atoms with Crippen molar-refractivity contribution in [1.29, 1.82) is 0 Å². The van der Waals surface area contributed by atoms with Gasteiger partial charge >= 0.3 is 0 Å². The van der Waals surface area contributed by atoms with Crippen molar-refractivity contribution in [3.8, 4) is 0 Å². The van der Waals surface area contributed by atoms with Gasteiger partial charge in [-0.05, 0) is 23.3 Å². The number of Topliss-reactive ketones (excluding diaryl/α,β-unsaturated/α-hetero) is 2. The summed E-state index contributed by atoms with van der Waals surface area (Å²) in [6, 6.07) is 15.0. The molecule has 0 radical (unpaired) electrons.